The van der Waals surface area contributed by atoms with E-state index in [1.54, 1.807) is 0 Å². The predicted molar refractivity (Wildman–Crippen MR) is 83.4 cm³/mol. The number of benzene rings is 1. The lowest BCUT2D eigenvalue weighted by molar-refractivity contribution is -0.140. The largest absolute Gasteiger partial charge is 0.469 e. The second kappa shape index (κ2) is 9.00. The third-order valence-corrected chi connectivity index (χ3v) is 3.29. The van der Waals surface area contributed by atoms with Gasteiger partial charge in [0.15, 0.2) is 0 Å². The fourth-order valence-electron chi connectivity index (χ4n) is 2.04. The molecule has 1 aromatic rings. The number of methoxy groups -OCH3 is 1. The summed E-state index contributed by atoms with van der Waals surface area (Å²) in [4.78, 5) is 22.7. The zero-order valence-corrected chi connectivity index (χ0v) is 13.0. The van der Waals surface area contributed by atoms with Gasteiger partial charge < -0.3 is 15.4 Å². The van der Waals surface area contributed by atoms with Crippen LogP contribution in [0.4, 0.5) is 10.5 Å². The molecule has 0 bridgehead atoms. The average molecular weight is 292 g/mol. The molecule has 0 heterocycles. The molecular weight excluding hydrogens is 268 g/mol. The maximum Gasteiger partial charge on any atom is 0.319 e. The topological polar surface area (TPSA) is 67.4 Å². The molecule has 116 valence electrons. The maximum absolute atomic E-state index is 11.8. The third kappa shape index (κ3) is 6.29. The number of anilines is 1. The zero-order chi connectivity index (χ0) is 15.7. The molecule has 0 aliphatic rings. The van der Waals surface area contributed by atoms with E-state index in [4.69, 9.17) is 0 Å². The van der Waals surface area contributed by atoms with Gasteiger partial charge in [-0.2, -0.15) is 0 Å². The number of aryl methyl sites for hydroxylation is 2. The van der Waals surface area contributed by atoms with Gasteiger partial charge >= 0.3 is 12.0 Å². The number of unbranched alkanes of at least 4 members (excludes halogenated alkanes) is 2. The SMILES string of the molecule is COC(=O)CCCCCNC(=O)Nc1c(C)cccc1C. The summed E-state index contributed by atoms with van der Waals surface area (Å²) in [5.41, 5.74) is 2.95. The number of ether oxygens (including phenoxy) is 1. The van der Waals surface area contributed by atoms with Crippen molar-refractivity contribution >= 4 is 17.7 Å². The van der Waals surface area contributed by atoms with E-state index in [-0.39, 0.29) is 12.0 Å². The summed E-state index contributed by atoms with van der Waals surface area (Å²) in [6.45, 7) is 4.53. The second-order valence-electron chi connectivity index (χ2n) is 5.03. The van der Waals surface area contributed by atoms with Crippen LogP contribution in [0.1, 0.15) is 36.8 Å². The first kappa shape index (κ1) is 17.0. The van der Waals surface area contributed by atoms with Crippen LogP contribution in [0.25, 0.3) is 0 Å². The van der Waals surface area contributed by atoms with Crippen molar-refractivity contribution in [2.75, 3.05) is 19.0 Å². The third-order valence-electron chi connectivity index (χ3n) is 3.29. The van der Waals surface area contributed by atoms with Crippen molar-refractivity contribution in [2.45, 2.75) is 39.5 Å². The Bertz CT molecular complexity index is 466. The van der Waals surface area contributed by atoms with Crippen LogP contribution in [0.5, 0.6) is 0 Å². The van der Waals surface area contributed by atoms with Crippen molar-refractivity contribution in [3.05, 3.63) is 29.3 Å². The van der Waals surface area contributed by atoms with Gasteiger partial charge in [0.25, 0.3) is 0 Å². The van der Waals surface area contributed by atoms with Gasteiger partial charge in [-0.05, 0) is 37.8 Å². The molecule has 21 heavy (non-hydrogen) atoms. The van der Waals surface area contributed by atoms with E-state index >= 15 is 0 Å². The van der Waals surface area contributed by atoms with Crippen LogP contribution in [-0.4, -0.2) is 25.7 Å². The summed E-state index contributed by atoms with van der Waals surface area (Å²) in [5.74, 6) is -0.185. The maximum atomic E-state index is 11.8. The van der Waals surface area contributed by atoms with Crippen LogP contribution in [-0.2, 0) is 9.53 Å². The Morgan fingerprint density at radius 2 is 1.76 bits per heavy atom. The van der Waals surface area contributed by atoms with E-state index in [1.807, 2.05) is 32.0 Å². The van der Waals surface area contributed by atoms with Gasteiger partial charge in [-0.1, -0.05) is 24.6 Å². The lowest BCUT2D eigenvalue weighted by atomic mass is 10.1. The van der Waals surface area contributed by atoms with Crippen LogP contribution >= 0.6 is 0 Å². The standard InChI is InChI=1S/C16H24N2O3/c1-12-8-7-9-13(2)15(12)18-16(20)17-11-6-4-5-10-14(19)21-3/h7-9H,4-6,10-11H2,1-3H3,(H2,17,18,20). The Balaban J connectivity index is 2.21. The van der Waals surface area contributed by atoms with Crippen molar-refractivity contribution in [1.29, 1.82) is 0 Å². The Labute approximate surface area is 126 Å². The van der Waals surface area contributed by atoms with E-state index in [9.17, 15) is 9.59 Å². The van der Waals surface area contributed by atoms with Crippen molar-refractivity contribution in [1.82, 2.24) is 5.32 Å². The highest BCUT2D eigenvalue weighted by molar-refractivity contribution is 5.90. The van der Waals surface area contributed by atoms with Crippen molar-refractivity contribution in [2.24, 2.45) is 0 Å². The monoisotopic (exact) mass is 292 g/mol. The van der Waals surface area contributed by atoms with Gasteiger partial charge in [-0.15, -0.1) is 0 Å². The molecule has 0 saturated carbocycles. The highest BCUT2D eigenvalue weighted by Crippen LogP contribution is 2.18. The average Bonchev–Trinajstić information content (AvgIpc) is 2.46. The molecule has 0 aliphatic carbocycles. The Morgan fingerprint density at radius 3 is 2.38 bits per heavy atom. The summed E-state index contributed by atoms with van der Waals surface area (Å²) in [6, 6.07) is 5.71. The number of urea groups is 1. The normalized spacial score (nSPS) is 10.0. The van der Waals surface area contributed by atoms with Gasteiger partial charge in [0.05, 0.1) is 7.11 Å². The van der Waals surface area contributed by atoms with E-state index in [2.05, 4.69) is 15.4 Å². The smallest absolute Gasteiger partial charge is 0.319 e. The number of hydrogen-bond donors (Lipinski definition) is 2. The summed E-state index contributed by atoms with van der Waals surface area (Å²) in [6.07, 6.45) is 2.95. The van der Waals surface area contributed by atoms with Crippen LogP contribution in [0.15, 0.2) is 18.2 Å². The Kier molecular flexibility index (Phi) is 7.29. The van der Waals surface area contributed by atoms with Gasteiger partial charge in [0.2, 0.25) is 0 Å². The Hall–Kier alpha value is -2.04. The number of para-hydroxylation sites is 1. The molecule has 5 heteroatoms. The molecule has 0 fully saturated rings. The van der Waals surface area contributed by atoms with E-state index in [0.717, 1.165) is 36.1 Å². The minimum atomic E-state index is -0.194. The molecular formula is C16H24N2O3. The molecule has 5 nitrogen and oxygen atoms in total. The second-order valence-corrected chi connectivity index (χ2v) is 5.03. The van der Waals surface area contributed by atoms with Crippen LogP contribution in [0.2, 0.25) is 0 Å². The molecule has 0 radical (unpaired) electrons. The number of carbonyl (C=O) groups excluding carboxylic acids is 2. The van der Waals surface area contributed by atoms with Crippen molar-refractivity contribution < 1.29 is 14.3 Å². The molecule has 1 aromatic carbocycles. The molecule has 0 aliphatic heterocycles. The lowest BCUT2D eigenvalue weighted by Crippen LogP contribution is -2.30. The number of hydrogen-bond acceptors (Lipinski definition) is 3. The number of carbonyl (C=O) groups is 2. The first-order valence-electron chi connectivity index (χ1n) is 7.22. The fourth-order valence-corrected chi connectivity index (χ4v) is 2.04. The van der Waals surface area contributed by atoms with Gasteiger partial charge in [-0.3, -0.25) is 4.79 Å². The Morgan fingerprint density at radius 1 is 1.10 bits per heavy atom. The van der Waals surface area contributed by atoms with E-state index < -0.39 is 0 Å². The quantitative estimate of drug-likeness (QED) is 0.599. The highest BCUT2D eigenvalue weighted by atomic mass is 16.5. The first-order valence-corrected chi connectivity index (χ1v) is 7.22. The highest BCUT2D eigenvalue weighted by Gasteiger charge is 2.06. The number of amides is 2. The zero-order valence-electron chi connectivity index (χ0n) is 13.0. The van der Waals surface area contributed by atoms with Crippen LogP contribution < -0.4 is 10.6 Å². The summed E-state index contributed by atoms with van der Waals surface area (Å²) >= 11 is 0. The molecule has 2 N–H and O–H groups in total. The number of rotatable bonds is 7. The van der Waals surface area contributed by atoms with Gasteiger partial charge in [-0.25, -0.2) is 4.79 Å². The summed E-state index contributed by atoms with van der Waals surface area (Å²) < 4.78 is 4.57. The molecule has 0 atom stereocenters. The number of nitrogens with one attached hydrogen (secondary N) is 2. The molecule has 0 aromatic heterocycles. The van der Waals surface area contributed by atoms with Crippen LogP contribution in [0, 0.1) is 13.8 Å². The predicted octanol–water partition coefficient (Wildman–Crippen LogP) is 3.16. The van der Waals surface area contributed by atoms with E-state index in [1.165, 1.54) is 7.11 Å². The minimum Gasteiger partial charge on any atom is -0.469 e. The lowest BCUT2D eigenvalue weighted by Gasteiger charge is -2.12. The summed E-state index contributed by atoms with van der Waals surface area (Å²) in [5, 5.41) is 5.69. The van der Waals surface area contributed by atoms with Gasteiger partial charge in [0.1, 0.15) is 0 Å². The molecule has 2 amide bonds. The van der Waals surface area contributed by atoms with Crippen molar-refractivity contribution in [3.63, 3.8) is 0 Å². The van der Waals surface area contributed by atoms with Crippen LogP contribution in [0.3, 0.4) is 0 Å². The van der Waals surface area contributed by atoms with E-state index in [0.29, 0.717) is 13.0 Å². The molecule has 0 saturated heterocycles. The fraction of sp³-hybridized carbons (Fsp3) is 0.500. The first-order chi connectivity index (χ1) is 10.0. The number of esters is 1. The molecule has 1 rings (SSSR count). The molecule has 0 spiro atoms. The minimum absolute atomic E-state index is 0.185. The van der Waals surface area contributed by atoms with Gasteiger partial charge in [0, 0.05) is 18.7 Å². The van der Waals surface area contributed by atoms with Crippen molar-refractivity contribution in [3.8, 4) is 0 Å². The molecule has 0 unspecified atom stereocenters. The summed E-state index contributed by atoms with van der Waals surface area (Å²) in [7, 11) is 1.39.